The fourth-order valence-electron chi connectivity index (χ4n) is 1.20. The summed E-state index contributed by atoms with van der Waals surface area (Å²) in [6.07, 6.45) is 2.59. The van der Waals surface area contributed by atoms with Gasteiger partial charge in [0, 0.05) is 44.1 Å². The molecule has 1 nitrogen and oxygen atoms in total. The molecule has 0 amide bonds. The Hall–Kier alpha value is 0.462. The van der Waals surface area contributed by atoms with Gasteiger partial charge >= 0.3 is 0 Å². The molecule has 11 heavy (non-hydrogen) atoms. The van der Waals surface area contributed by atoms with E-state index in [0.29, 0.717) is 5.75 Å². The van der Waals surface area contributed by atoms with Gasteiger partial charge in [0.25, 0.3) is 0 Å². The van der Waals surface area contributed by atoms with Crippen LogP contribution in [0.3, 0.4) is 0 Å². The molecule has 1 aromatic rings. The molecule has 0 unspecified atom stereocenters. The summed E-state index contributed by atoms with van der Waals surface area (Å²) in [6.45, 7) is 0. The number of phenolic OH excluding ortho intramolecular Hbond substituents is 1. The molecule has 2 heteroatoms. The van der Waals surface area contributed by atoms with Gasteiger partial charge in [-0.3, -0.25) is 0 Å². The number of benzene rings is 1. The largest absolute Gasteiger partial charge is 0.508 e. The second-order valence-electron chi connectivity index (χ2n) is 2.87. The van der Waals surface area contributed by atoms with Crippen molar-refractivity contribution >= 4 is 0 Å². The van der Waals surface area contributed by atoms with Crippen LogP contribution >= 0.6 is 0 Å². The number of rotatable bonds is 1. The summed E-state index contributed by atoms with van der Waals surface area (Å²) in [5.41, 5.74) is 1.29. The molecule has 1 saturated carbocycles. The van der Waals surface area contributed by atoms with Crippen LogP contribution in [0.25, 0.3) is 0 Å². The Morgan fingerprint density at radius 3 is 2.55 bits per heavy atom. The molecule has 0 spiro atoms. The molecular formula is C9H10AcO. The molecule has 0 aliphatic heterocycles. The summed E-state index contributed by atoms with van der Waals surface area (Å²) in [7, 11) is 0. The molecule has 1 radical (unpaired) electrons. The van der Waals surface area contributed by atoms with Crippen molar-refractivity contribution in [3.05, 3.63) is 29.8 Å². The summed E-state index contributed by atoms with van der Waals surface area (Å²) in [4.78, 5) is 0. The van der Waals surface area contributed by atoms with Crippen LogP contribution in [0.5, 0.6) is 5.75 Å². The average Bonchev–Trinajstić information content (AvgIpc) is 2.68. The van der Waals surface area contributed by atoms with Crippen molar-refractivity contribution < 1.29 is 49.2 Å². The Kier molecular flexibility index (Phi) is 3.40. The third kappa shape index (κ3) is 2.46. The number of aromatic hydroxyl groups is 1. The van der Waals surface area contributed by atoms with Crippen molar-refractivity contribution in [2.24, 2.45) is 0 Å². The van der Waals surface area contributed by atoms with E-state index in [9.17, 15) is 0 Å². The van der Waals surface area contributed by atoms with Crippen LogP contribution in [0.1, 0.15) is 24.3 Å². The first-order chi connectivity index (χ1) is 4.86. The van der Waals surface area contributed by atoms with Gasteiger partial charge in [0.1, 0.15) is 5.75 Å². The zero-order chi connectivity index (χ0) is 6.97. The monoisotopic (exact) mass is 361 g/mol. The van der Waals surface area contributed by atoms with E-state index in [1.165, 1.54) is 18.4 Å². The molecule has 1 N–H and O–H groups in total. The molecule has 1 aliphatic rings. The minimum absolute atomic E-state index is 0. The maximum absolute atomic E-state index is 9.09. The van der Waals surface area contributed by atoms with Gasteiger partial charge in [-0.1, -0.05) is 12.1 Å². The fourth-order valence-corrected chi connectivity index (χ4v) is 1.20. The first-order valence-electron chi connectivity index (χ1n) is 3.65. The smallest absolute Gasteiger partial charge is 0.115 e. The third-order valence-corrected chi connectivity index (χ3v) is 1.92. The molecule has 1 aliphatic carbocycles. The SMILES string of the molecule is Oc1cccc(C2CC2)c1.[Ac]. The van der Waals surface area contributed by atoms with E-state index in [-0.39, 0.29) is 44.1 Å². The van der Waals surface area contributed by atoms with E-state index in [4.69, 9.17) is 5.11 Å². The van der Waals surface area contributed by atoms with Gasteiger partial charge in [-0.2, -0.15) is 0 Å². The summed E-state index contributed by atoms with van der Waals surface area (Å²) in [6, 6.07) is 7.56. The molecule has 0 atom stereocenters. The molecular weight excluding hydrogens is 351 g/mol. The van der Waals surface area contributed by atoms with Crippen LogP contribution in [0.4, 0.5) is 0 Å². The minimum Gasteiger partial charge on any atom is -0.508 e. The molecule has 0 heterocycles. The van der Waals surface area contributed by atoms with Gasteiger partial charge in [0.2, 0.25) is 0 Å². The number of hydrogen-bond donors (Lipinski definition) is 1. The molecule has 55 valence electrons. The maximum Gasteiger partial charge on any atom is 0.115 e. The van der Waals surface area contributed by atoms with Crippen molar-refractivity contribution in [2.75, 3.05) is 0 Å². The summed E-state index contributed by atoms with van der Waals surface area (Å²) >= 11 is 0. The zero-order valence-corrected chi connectivity index (χ0v) is 11.1. The molecule has 1 aromatic carbocycles. The van der Waals surface area contributed by atoms with Gasteiger partial charge < -0.3 is 5.11 Å². The predicted octanol–water partition coefficient (Wildman–Crippen LogP) is 2.27. The van der Waals surface area contributed by atoms with Gasteiger partial charge in [-0.25, -0.2) is 0 Å². The number of phenols is 1. The Morgan fingerprint density at radius 2 is 2.00 bits per heavy atom. The average molecular weight is 361 g/mol. The van der Waals surface area contributed by atoms with Crippen molar-refractivity contribution in [3.63, 3.8) is 0 Å². The van der Waals surface area contributed by atoms with E-state index in [1.807, 2.05) is 12.1 Å². The molecule has 0 bridgehead atoms. The van der Waals surface area contributed by atoms with E-state index in [0.717, 1.165) is 5.92 Å². The summed E-state index contributed by atoms with van der Waals surface area (Å²) in [5, 5.41) is 9.09. The normalized spacial score (nSPS) is 15.6. The molecule has 2 rings (SSSR count). The Balaban J connectivity index is 0.000000605. The summed E-state index contributed by atoms with van der Waals surface area (Å²) in [5.74, 6) is 1.14. The first kappa shape index (κ1) is 9.55. The molecule has 0 saturated heterocycles. The van der Waals surface area contributed by atoms with E-state index >= 15 is 0 Å². The fraction of sp³-hybridized carbons (Fsp3) is 0.333. The van der Waals surface area contributed by atoms with Crippen molar-refractivity contribution in [1.82, 2.24) is 0 Å². The van der Waals surface area contributed by atoms with Crippen LogP contribution in [0.2, 0.25) is 0 Å². The van der Waals surface area contributed by atoms with Gasteiger partial charge in [-0.05, 0) is 36.5 Å². The zero-order valence-electron chi connectivity index (χ0n) is 6.33. The maximum atomic E-state index is 9.09. The van der Waals surface area contributed by atoms with E-state index < -0.39 is 0 Å². The van der Waals surface area contributed by atoms with Crippen LogP contribution in [-0.4, -0.2) is 5.11 Å². The predicted molar refractivity (Wildman–Crippen MR) is 40.1 cm³/mol. The second kappa shape index (κ2) is 3.92. The van der Waals surface area contributed by atoms with Gasteiger partial charge in [0.15, 0.2) is 0 Å². The molecule has 1 fully saturated rings. The topological polar surface area (TPSA) is 20.2 Å². The van der Waals surface area contributed by atoms with Crippen molar-refractivity contribution in [3.8, 4) is 5.75 Å². The molecule has 0 aromatic heterocycles. The van der Waals surface area contributed by atoms with Crippen LogP contribution in [-0.2, 0) is 0 Å². The van der Waals surface area contributed by atoms with Gasteiger partial charge in [0.05, 0.1) is 0 Å². The van der Waals surface area contributed by atoms with Crippen LogP contribution in [0, 0.1) is 44.1 Å². The quantitative estimate of drug-likeness (QED) is 0.814. The van der Waals surface area contributed by atoms with Crippen molar-refractivity contribution in [1.29, 1.82) is 0 Å². The Bertz CT molecular complexity index is 243. The summed E-state index contributed by atoms with van der Waals surface area (Å²) < 4.78 is 0. The van der Waals surface area contributed by atoms with E-state index in [1.54, 1.807) is 6.07 Å². The third-order valence-electron chi connectivity index (χ3n) is 1.92. The second-order valence-corrected chi connectivity index (χ2v) is 2.87. The van der Waals surface area contributed by atoms with Crippen LogP contribution < -0.4 is 0 Å². The van der Waals surface area contributed by atoms with Gasteiger partial charge in [-0.15, -0.1) is 0 Å². The number of hydrogen-bond acceptors (Lipinski definition) is 1. The van der Waals surface area contributed by atoms with E-state index in [2.05, 4.69) is 6.07 Å². The van der Waals surface area contributed by atoms with Crippen molar-refractivity contribution in [2.45, 2.75) is 18.8 Å². The Morgan fingerprint density at radius 1 is 1.27 bits per heavy atom. The minimum atomic E-state index is 0. The first-order valence-corrected chi connectivity index (χ1v) is 3.65. The standard InChI is InChI=1S/C9H10O.Ac/c10-9-3-1-2-8(6-9)7-4-5-7;/h1-3,6-7,10H,4-5H2;. The Labute approximate surface area is 102 Å². The van der Waals surface area contributed by atoms with Crippen LogP contribution in [0.15, 0.2) is 24.3 Å².